The maximum absolute atomic E-state index is 13.5. The number of hydrogen-bond acceptors (Lipinski definition) is 2. The highest BCUT2D eigenvalue weighted by Gasteiger charge is 2.07. The van der Waals surface area contributed by atoms with E-state index in [1.165, 1.54) is 12.1 Å². The summed E-state index contributed by atoms with van der Waals surface area (Å²) in [4.78, 5) is 11.7. The van der Waals surface area contributed by atoms with Gasteiger partial charge in [0.2, 0.25) is 0 Å². The standard InChI is InChI=1S/C13H11BrFN3O/c14-8-1-6-12(11(15)7-8)18-13(19)17-10-4-2-9(16)3-5-10/h1-7H,16H2,(H2,17,18,19). The fraction of sp³-hybridized carbons (Fsp3) is 0. The Kier molecular flexibility index (Phi) is 4.01. The Morgan fingerprint density at radius 1 is 1.11 bits per heavy atom. The van der Waals surface area contributed by atoms with E-state index >= 15 is 0 Å². The van der Waals surface area contributed by atoms with Crippen LogP contribution in [-0.2, 0) is 0 Å². The monoisotopic (exact) mass is 323 g/mol. The van der Waals surface area contributed by atoms with Gasteiger partial charge in [-0.2, -0.15) is 0 Å². The molecule has 0 saturated heterocycles. The largest absolute Gasteiger partial charge is 0.399 e. The van der Waals surface area contributed by atoms with Crippen LogP contribution in [0.15, 0.2) is 46.9 Å². The third-order valence-electron chi connectivity index (χ3n) is 2.35. The number of nitrogens with one attached hydrogen (secondary N) is 2. The topological polar surface area (TPSA) is 67.1 Å². The van der Waals surface area contributed by atoms with Crippen molar-refractivity contribution in [2.24, 2.45) is 0 Å². The number of urea groups is 1. The third kappa shape index (κ3) is 3.69. The normalized spacial score (nSPS) is 10.0. The van der Waals surface area contributed by atoms with Crippen LogP contribution in [0.1, 0.15) is 0 Å². The molecule has 0 aromatic heterocycles. The van der Waals surface area contributed by atoms with Crippen molar-refractivity contribution in [1.29, 1.82) is 0 Å². The van der Waals surface area contributed by atoms with Crippen LogP contribution in [0, 0.1) is 5.82 Å². The van der Waals surface area contributed by atoms with Crippen LogP contribution in [0.5, 0.6) is 0 Å². The second-order valence-corrected chi connectivity index (χ2v) is 4.74. The Morgan fingerprint density at radius 3 is 2.42 bits per heavy atom. The summed E-state index contributed by atoms with van der Waals surface area (Å²) in [6.45, 7) is 0. The molecular formula is C13H11BrFN3O. The van der Waals surface area contributed by atoms with Crippen molar-refractivity contribution in [1.82, 2.24) is 0 Å². The van der Waals surface area contributed by atoms with E-state index in [-0.39, 0.29) is 5.69 Å². The van der Waals surface area contributed by atoms with Gasteiger partial charge in [-0.25, -0.2) is 9.18 Å². The van der Waals surface area contributed by atoms with Gasteiger partial charge in [0.15, 0.2) is 0 Å². The first-order valence-electron chi connectivity index (χ1n) is 5.43. The molecule has 0 aliphatic rings. The summed E-state index contributed by atoms with van der Waals surface area (Å²) in [5.41, 5.74) is 6.82. The summed E-state index contributed by atoms with van der Waals surface area (Å²) < 4.78 is 14.1. The molecule has 6 heteroatoms. The third-order valence-corrected chi connectivity index (χ3v) is 2.84. The number of nitrogen functional groups attached to an aromatic ring is 1. The molecule has 4 N–H and O–H groups in total. The molecule has 0 aliphatic heterocycles. The predicted octanol–water partition coefficient (Wildman–Crippen LogP) is 3.81. The van der Waals surface area contributed by atoms with Gasteiger partial charge in [-0.1, -0.05) is 15.9 Å². The van der Waals surface area contributed by atoms with Crippen molar-refractivity contribution in [3.63, 3.8) is 0 Å². The molecule has 0 saturated carbocycles. The molecule has 98 valence electrons. The quantitative estimate of drug-likeness (QED) is 0.735. The summed E-state index contributed by atoms with van der Waals surface area (Å²) in [6.07, 6.45) is 0. The molecule has 0 bridgehead atoms. The first-order valence-corrected chi connectivity index (χ1v) is 6.22. The average molecular weight is 324 g/mol. The summed E-state index contributed by atoms with van der Waals surface area (Å²) in [6, 6.07) is 10.5. The van der Waals surface area contributed by atoms with Crippen molar-refractivity contribution in [2.75, 3.05) is 16.4 Å². The molecule has 0 atom stereocenters. The predicted molar refractivity (Wildman–Crippen MR) is 77.6 cm³/mol. The molecule has 0 heterocycles. The van der Waals surface area contributed by atoms with Crippen molar-refractivity contribution in [3.8, 4) is 0 Å². The number of halogens is 2. The minimum absolute atomic E-state index is 0.108. The zero-order valence-corrected chi connectivity index (χ0v) is 11.4. The second kappa shape index (κ2) is 5.71. The Labute approximate surface area is 117 Å². The number of rotatable bonds is 2. The summed E-state index contributed by atoms with van der Waals surface area (Å²) in [5, 5.41) is 5.00. The SMILES string of the molecule is Nc1ccc(NC(=O)Nc2ccc(Br)cc2F)cc1. The van der Waals surface area contributed by atoms with E-state index in [0.717, 1.165) is 0 Å². The smallest absolute Gasteiger partial charge is 0.323 e. The molecule has 2 aromatic carbocycles. The van der Waals surface area contributed by atoms with Crippen LogP contribution in [0.3, 0.4) is 0 Å². The number of amides is 2. The molecule has 2 amide bonds. The molecule has 4 nitrogen and oxygen atoms in total. The van der Waals surface area contributed by atoms with Gasteiger partial charge in [0.25, 0.3) is 0 Å². The van der Waals surface area contributed by atoms with E-state index in [0.29, 0.717) is 15.8 Å². The first-order chi connectivity index (χ1) is 9.04. The van der Waals surface area contributed by atoms with Crippen molar-refractivity contribution >= 4 is 39.0 Å². The van der Waals surface area contributed by atoms with Crippen molar-refractivity contribution in [3.05, 3.63) is 52.8 Å². The number of carbonyl (C=O) groups is 1. The van der Waals surface area contributed by atoms with E-state index in [9.17, 15) is 9.18 Å². The lowest BCUT2D eigenvalue weighted by molar-refractivity contribution is 0.262. The zero-order valence-electron chi connectivity index (χ0n) is 9.78. The van der Waals surface area contributed by atoms with Gasteiger partial charge in [0.05, 0.1) is 5.69 Å². The number of carbonyl (C=O) groups excluding carboxylic acids is 1. The summed E-state index contributed by atoms with van der Waals surface area (Å²) in [5.74, 6) is -0.512. The van der Waals surface area contributed by atoms with E-state index < -0.39 is 11.8 Å². The second-order valence-electron chi connectivity index (χ2n) is 3.83. The summed E-state index contributed by atoms with van der Waals surface area (Å²) in [7, 11) is 0. The Bertz CT molecular complexity index is 601. The van der Waals surface area contributed by atoms with Crippen molar-refractivity contribution < 1.29 is 9.18 Å². The fourth-order valence-corrected chi connectivity index (χ4v) is 1.78. The van der Waals surface area contributed by atoms with Crippen LogP contribution in [0.25, 0.3) is 0 Å². The molecule has 2 aromatic rings. The van der Waals surface area contributed by atoms with Gasteiger partial charge >= 0.3 is 6.03 Å². The highest BCUT2D eigenvalue weighted by atomic mass is 79.9. The van der Waals surface area contributed by atoms with E-state index in [1.807, 2.05) is 0 Å². The Balaban J connectivity index is 2.03. The Morgan fingerprint density at radius 2 is 1.79 bits per heavy atom. The van der Waals surface area contributed by atoms with Gasteiger partial charge < -0.3 is 16.4 Å². The molecule has 0 fully saturated rings. The fourth-order valence-electron chi connectivity index (χ4n) is 1.44. The van der Waals surface area contributed by atoms with E-state index in [1.54, 1.807) is 30.3 Å². The summed E-state index contributed by atoms with van der Waals surface area (Å²) >= 11 is 3.14. The molecule has 0 spiro atoms. The van der Waals surface area contributed by atoms with E-state index in [4.69, 9.17) is 5.73 Å². The van der Waals surface area contributed by atoms with Gasteiger partial charge in [0.1, 0.15) is 5.82 Å². The molecule has 0 aliphatic carbocycles. The van der Waals surface area contributed by atoms with Crippen LogP contribution >= 0.6 is 15.9 Å². The van der Waals surface area contributed by atoms with E-state index in [2.05, 4.69) is 26.6 Å². The van der Waals surface area contributed by atoms with Crippen LogP contribution < -0.4 is 16.4 Å². The average Bonchev–Trinajstić information content (AvgIpc) is 2.36. The van der Waals surface area contributed by atoms with Gasteiger partial charge in [-0.15, -0.1) is 0 Å². The highest BCUT2D eigenvalue weighted by Crippen LogP contribution is 2.19. The maximum Gasteiger partial charge on any atom is 0.323 e. The lowest BCUT2D eigenvalue weighted by Crippen LogP contribution is -2.20. The van der Waals surface area contributed by atoms with Crippen molar-refractivity contribution in [2.45, 2.75) is 0 Å². The minimum Gasteiger partial charge on any atom is -0.399 e. The van der Waals surface area contributed by atoms with Crippen LogP contribution in [0.4, 0.5) is 26.2 Å². The van der Waals surface area contributed by atoms with Crippen LogP contribution in [0.2, 0.25) is 0 Å². The Hall–Kier alpha value is -2.08. The van der Waals surface area contributed by atoms with Gasteiger partial charge in [0, 0.05) is 15.8 Å². The molecule has 2 rings (SSSR count). The highest BCUT2D eigenvalue weighted by molar-refractivity contribution is 9.10. The minimum atomic E-state index is -0.522. The molecule has 0 radical (unpaired) electrons. The number of hydrogen-bond donors (Lipinski definition) is 3. The van der Waals surface area contributed by atoms with Crippen LogP contribution in [-0.4, -0.2) is 6.03 Å². The molecule has 0 unspecified atom stereocenters. The lowest BCUT2D eigenvalue weighted by atomic mass is 10.3. The maximum atomic E-state index is 13.5. The zero-order chi connectivity index (χ0) is 13.8. The van der Waals surface area contributed by atoms with Gasteiger partial charge in [-0.05, 0) is 42.5 Å². The number of benzene rings is 2. The molecule has 19 heavy (non-hydrogen) atoms. The first kappa shape index (κ1) is 13.4. The number of nitrogens with two attached hydrogens (primary N) is 1. The number of anilines is 3. The lowest BCUT2D eigenvalue weighted by Gasteiger charge is -2.08. The molecular weight excluding hydrogens is 313 g/mol. The van der Waals surface area contributed by atoms with Gasteiger partial charge in [-0.3, -0.25) is 0 Å².